The van der Waals surface area contributed by atoms with Crippen LogP contribution in [0.15, 0.2) is 42.5 Å². The Labute approximate surface area is 189 Å². The topological polar surface area (TPSA) is 51.2 Å². The van der Waals surface area contributed by atoms with Crippen molar-refractivity contribution in [3.63, 3.8) is 0 Å². The van der Waals surface area contributed by atoms with E-state index in [2.05, 4.69) is 75.2 Å². The van der Waals surface area contributed by atoms with Gasteiger partial charge >= 0.3 is 0 Å². The summed E-state index contributed by atoms with van der Waals surface area (Å²) in [6.07, 6.45) is 3.94. The first kappa shape index (κ1) is 24.6. The molecular formula is C25H41NO4Si. The van der Waals surface area contributed by atoms with Gasteiger partial charge < -0.3 is 19.0 Å². The van der Waals surface area contributed by atoms with E-state index in [0.29, 0.717) is 0 Å². The summed E-state index contributed by atoms with van der Waals surface area (Å²) < 4.78 is 18.9. The molecule has 0 unspecified atom stereocenters. The Morgan fingerprint density at radius 3 is 2.48 bits per heavy atom. The first-order valence-corrected chi connectivity index (χ1v) is 14.4. The smallest absolute Gasteiger partial charge is 0.192 e. The standard InChI is InChI=1S/C25H41NO4Si/c1-24(2,3)31(6,7)28-18-21(27)23-22(29-25(4,5)30-23)20-15-11-12-16-26(20)17-19-13-9-8-10-14-19/h8-14,20-23,27H,15-18H2,1-7H3/t20-,21+,22-,23+/m0/s1. The highest BCUT2D eigenvalue weighted by atomic mass is 28.4. The van der Waals surface area contributed by atoms with E-state index < -0.39 is 26.3 Å². The molecule has 1 N–H and O–H groups in total. The molecule has 0 radical (unpaired) electrons. The Morgan fingerprint density at radius 1 is 1.16 bits per heavy atom. The van der Waals surface area contributed by atoms with Crippen molar-refractivity contribution in [2.45, 2.75) is 95.9 Å². The van der Waals surface area contributed by atoms with Gasteiger partial charge in [-0.05, 0) is 44.0 Å². The van der Waals surface area contributed by atoms with Gasteiger partial charge in [-0.3, -0.25) is 4.90 Å². The summed E-state index contributed by atoms with van der Waals surface area (Å²) in [7, 11) is -1.96. The summed E-state index contributed by atoms with van der Waals surface area (Å²) in [4.78, 5) is 2.43. The minimum Gasteiger partial charge on any atom is -0.414 e. The molecule has 1 aromatic carbocycles. The lowest BCUT2D eigenvalue weighted by Gasteiger charge is -2.40. The summed E-state index contributed by atoms with van der Waals surface area (Å²) >= 11 is 0. The molecule has 3 rings (SSSR count). The van der Waals surface area contributed by atoms with Gasteiger partial charge in [0, 0.05) is 19.1 Å². The van der Waals surface area contributed by atoms with Crippen molar-refractivity contribution in [1.29, 1.82) is 0 Å². The van der Waals surface area contributed by atoms with Crippen LogP contribution in [0.25, 0.3) is 0 Å². The van der Waals surface area contributed by atoms with E-state index in [0.717, 1.165) is 19.5 Å². The third-order valence-corrected chi connectivity index (χ3v) is 11.4. The van der Waals surface area contributed by atoms with E-state index in [-0.39, 0.29) is 23.8 Å². The van der Waals surface area contributed by atoms with Gasteiger partial charge in [0.15, 0.2) is 14.1 Å². The van der Waals surface area contributed by atoms with Gasteiger partial charge in [0.2, 0.25) is 0 Å². The van der Waals surface area contributed by atoms with Crippen molar-refractivity contribution in [1.82, 2.24) is 4.90 Å². The average molecular weight is 448 g/mol. The third-order valence-electron chi connectivity index (χ3n) is 6.92. The van der Waals surface area contributed by atoms with Crippen LogP contribution in [0.4, 0.5) is 0 Å². The minimum atomic E-state index is -1.96. The first-order valence-electron chi connectivity index (χ1n) is 11.5. The van der Waals surface area contributed by atoms with Crippen LogP contribution in [0.1, 0.15) is 46.6 Å². The first-order chi connectivity index (χ1) is 14.4. The largest absolute Gasteiger partial charge is 0.414 e. The zero-order chi connectivity index (χ0) is 22.9. The fourth-order valence-corrected chi connectivity index (χ4v) is 5.11. The SMILES string of the molecule is CC1(C)O[C@@H]([C@@H]2CC=CCN2Cc2ccccc2)[C@@H]([C@H](O)CO[Si](C)(C)C(C)(C)C)O1. The fraction of sp³-hybridized carbons (Fsp3) is 0.680. The third kappa shape index (κ3) is 6.06. The van der Waals surface area contributed by atoms with Crippen molar-refractivity contribution in [2.75, 3.05) is 13.2 Å². The fourth-order valence-electron chi connectivity index (χ4n) is 4.09. The maximum absolute atomic E-state index is 11.1. The second-order valence-electron chi connectivity index (χ2n) is 10.9. The second kappa shape index (κ2) is 9.46. The van der Waals surface area contributed by atoms with Crippen molar-refractivity contribution >= 4 is 8.32 Å². The molecule has 0 aromatic heterocycles. The number of aliphatic hydroxyl groups is 1. The molecule has 0 aliphatic carbocycles. The molecule has 1 saturated heterocycles. The Bertz CT molecular complexity index is 744. The lowest BCUT2D eigenvalue weighted by Crippen LogP contribution is -2.53. The van der Waals surface area contributed by atoms with Gasteiger partial charge in [-0.2, -0.15) is 0 Å². The molecule has 0 amide bonds. The highest BCUT2D eigenvalue weighted by Gasteiger charge is 2.50. The minimum absolute atomic E-state index is 0.0963. The summed E-state index contributed by atoms with van der Waals surface area (Å²) in [6, 6.07) is 10.7. The average Bonchev–Trinajstić information content (AvgIpc) is 3.02. The van der Waals surface area contributed by atoms with Crippen LogP contribution in [0.3, 0.4) is 0 Å². The molecule has 31 heavy (non-hydrogen) atoms. The molecule has 1 fully saturated rings. The molecule has 1 aromatic rings. The van der Waals surface area contributed by atoms with Gasteiger partial charge in [-0.25, -0.2) is 0 Å². The van der Waals surface area contributed by atoms with Crippen molar-refractivity contribution in [2.24, 2.45) is 0 Å². The van der Waals surface area contributed by atoms with E-state index in [9.17, 15) is 5.11 Å². The number of hydrogen-bond acceptors (Lipinski definition) is 5. The highest BCUT2D eigenvalue weighted by molar-refractivity contribution is 6.74. The summed E-state index contributed by atoms with van der Waals surface area (Å²) in [5.74, 6) is -0.729. The molecule has 6 heteroatoms. The number of rotatable bonds is 7. The van der Waals surface area contributed by atoms with Crippen LogP contribution in [0, 0.1) is 0 Å². The van der Waals surface area contributed by atoms with Gasteiger partial charge in [-0.1, -0.05) is 63.3 Å². The zero-order valence-corrected chi connectivity index (χ0v) is 21.3. The Morgan fingerprint density at radius 2 is 1.84 bits per heavy atom. The molecular weight excluding hydrogens is 406 g/mol. The highest BCUT2D eigenvalue weighted by Crippen LogP contribution is 2.38. The summed E-state index contributed by atoms with van der Waals surface area (Å²) in [5, 5.41) is 11.2. The Kier molecular flexibility index (Phi) is 7.51. The van der Waals surface area contributed by atoms with E-state index >= 15 is 0 Å². The van der Waals surface area contributed by atoms with Crippen molar-refractivity contribution < 1.29 is 19.0 Å². The predicted octanol–water partition coefficient (Wildman–Crippen LogP) is 4.72. The van der Waals surface area contributed by atoms with E-state index in [1.807, 2.05) is 19.9 Å². The molecule has 174 valence electrons. The van der Waals surface area contributed by atoms with E-state index in [1.165, 1.54) is 5.56 Å². The summed E-state index contributed by atoms with van der Waals surface area (Å²) in [6.45, 7) is 16.9. The van der Waals surface area contributed by atoms with Gasteiger partial charge in [-0.15, -0.1) is 0 Å². The molecule has 0 spiro atoms. The van der Waals surface area contributed by atoms with Crippen LogP contribution < -0.4 is 0 Å². The van der Waals surface area contributed by atoms with Crippen LogP contribution in [0.2, 0.25) is 18.1 Å². The van der Waals surface area contributed by atoms with Gasteiger partial charge in [0.25, 0.3) is 0 Å². The van der Waals surface area contributed by atoms with Gasteiger partial charge in [0.1, 0.15) is 18.3 Å². The van der Waals surface area contributed by atoms with E-state index in [1.54, 1.807) is 0 Å². The molecule has 4 atom stereocenters. The number of aliphatic hydroxyl groups excluding tert-OH is 1. The van der Waals surface area contributed by atoms with Crippen LogP contribution in [0.5, 0.6) is 0 Å². The van der Waals surface area contributed by atoms with E-state index in [4.69, 9.17) is 13.9 Å². The summed E-state index contributed by atoms with van der Waals surface area (Å²) in [5.41, 5.74) is 1.28. The van der Waals surface area contributed by atoms with Crippen LogP contribution >= 0.6 is 0 Å². The maximum atomic E-state index is 11.1. The number of ether oxygens (including phenoxy) is 2. The lowest BCUT2D eigenvalue weighted by atomic mass is 9.94. The number of benzene rings is 1. The molecule has 2 aliphatic rings. The Hall–Kier alpha value is -1.02. The predicted molar refractivity (Wildman–Crippen MR) is 127 cm³/mol. The number of nitrogens with zero attached hydrogens (tertiary/aromatic N) is 1. The normalized spacial score (nSPS) is 28.1. The molecule has 5 nitrogen and oxygen atoms in total. The van der Waals surface area contributed by atoms with Crippen molar-refractivity contribution in [3.8, 4) is 0 Å². The zero-order valence-electron chi connectivity index (χ0n) is 20.3. The lowest BCUT2D eigenvalue weighted by molar-refractivity contribution is -0.160. The molecule has 2 heterocycles. The quantitative estimate of drug-likeness (QED) is 0.484. The second-order valence-corrected chi connectivity index (χ2v) is 15.7. The van der Waals surface area contributed by atoms with Gasteiger partial charge in [0.05, 0.1) is 6.61 Å². The Balaban J connectivity index is 1.74. The van der Waals surface area contributed by atoms with Crippen LogP contribution in [-0.4, -0.2) is 61.6 Å². The van der Waals surface area contributed by atoms with Crippen molar-refractivity contribution in [3.05, 3.63) is 48.0 Å². The molecule has 2 aliphatic heterocycles. The molecule has 0 bridgehead atoms. The maximum Gasteiger partial charge on any atom is 0.192 e. The number of hydrogen-bond donors (Lipinski definition) is 1. The molecule has 0 saturated carbocycles. The monoisotopic (exact) mass is 447 g/mol. The van der Waals surface area contributed by atoms with Crippen LogP contribution in [-0.2, 0) is 20.4 Å².